The molecule has 2 saturated carbocycles. The number of nitrogens with one attached hydrogen (secondary N) is 5. The summed E-state index contributed by atoms with van der Waals surface area (Å²) in [5.74, 6) is 2.88. The van der Waals surface area contributed by atoms with Crippen molar-refractivity contribution >= 4 is 41.5 Å². The number of carboxylic acid groups (broad SMARTS) is 2. The number of ether oxygens (including phenoxy) is 1. The SMILES string of the molecule is CNCN[C@@](O)(CCC(=O)N[C@@H](CS[C@H]1C2=C3[C@H](CCCCCC14CCCC4)CC(Cc1ccncc1)=C1[C@@]3(C#CCc3ccccc3[C@H]3CC[C@@]14NCCC[C@H]34)C(=O)O2)C(=O)N[C@@H](O)C(=O)O)C(=O)O. The van der Waals surface area contributed by atoms with Crippen molar-refractivity contribution in [2.75, 3.05) is 26.0 Å². The van der Waals surface area contributed by atoms with Gasteiger partial charge in [0.15, 0.2) is 5.41 Å². The number of hydrogen-bond donors (Lipinski definition) is 9. The van der Waals surface area contributed by atoms with Gasteiger partial charge in [0.2, 0.25) is 23.8 Å². The number of pyridine rings is 1. The maximum Gasteiger partial charge on any atom is 0.353 e. The molecule has 380 valence electrons. The van der Waals surface area contributed by atoms with E-state index in [9.17, 15) is 39.6 Å². The first-order valence-electron chi connectivity index (χ1n) is 25.6. The lowest BCUT2D eigenvalue weighted by atomic mass is 9.53. The monoisotopic (exact) mass is 992 g/mol. The van der Waals surface area contributed by atoms with Gasteiger partial charge in [-0.05, 0) is 135 Å². The number of nitrogens with zero attached hydrogens (tertiary/aromatic N) is 1. The van der Waals surface area contributed by atoms with Crippen molar-refractivity contribution < 1.29 is 49.1 Å². The molecule has 9 N–H and O–H groups in total. The highest BCUT2D eigenvalue weighted by Crippen LogP contribution is 2.66. The van der Waals surface area contributed by atoms with Crippen molar-refractivity contribution in [1.82, 2.24) is 31.6 Å². The molecule has 2 bridgehead atoms. The number of aromatic nitrogens is 1. The number of fused-ring (bicyclic) bond motifs is 2. The summed E-state index contributed by atoms with van der Waals surface area (Å²) in [4.78, 5) is 72.0. The van der Waals surface area contributed by atoms with Gasteiger partial charge in [0, 0.05) is 55.2 Å². The van der Waals surface area contributed by atoms with Crippen molar-refractivity contribution in [2.24, 2.45) is 22.7 Å². The van der Waals surface area contributed by atoms with Crippen LogP contribution in [-0.4, -0.2) is 110 Å². The summed E-state index contributed by atoms with van der Waals surface area (Å²) < 4.78 is 7.03. The molecule has 3 heterocycles. The third-order valence-electron chi connectivity index (χ3n) is 16.9. The van der Waals surface area contributed by atoms with E-state index in [2.05, 4.69) is 79.8 Å². The fraction of sp³-hybridized carbons (Fsp3) is 0.593. The van der Waals surface area contributed by atoms with Gasteiger partial charge in [-0.2, -0.15) is 0 Å². The molecule has 17 heteroatoms. The van der Waals surface area contributed by atoms with Crippen molar-refractivity contribution in [2.45, 2.75) is 150 Å². The summed E-state index contributed by atoms with van der Waals surface area (Å²) in [5, 5.41) is 54.2. The van der Waals surface area contributed by atoms with Crippen LogP contribution in [0.2, 0.25) is 0 Å². The summed E-state index contributed by atoms with van der Waals surface area (Å²) in [6.07, 6.45) is 14.1. The van der Waals surface area contributed by atoms with Crippen molar-refractivity contribution in [3.8, 4) is 11.8 Å². The average Bonchev–Trinajstić information content (AvgIpc) is 4.07. The topological polar surface area (TPSA) is 249 Å². The van der Waals surface area contributed by atoms with Crippen LogP contribution in [0.4, 0.5) is 0 Å². The molecule has 0 radical (unpaired) electrons. The Morgan fingerprint density at radius 2 is 1.73 bits per heavy atom. The number of hydrogen-bond acceptors (Lipinski definition) is 13. The zero-order valence-corrected chi connectivity index (χ0v) is 41.3. The molecule has 3 fully saturated rings. The number of thioether (sulfide) groups is 1. The third kappa shape index (κ3) is 9.68. The molecule has 9 atom stereocenters. The van der Waals surface area contributed by atoms with E-state index in [0.29, 0.717) is 18.6 Å². The Bertz CT molecular complexity index is 2520. The van der Waals surface area contributed by atoms with Crippen LogP contribution in [0.25, 0.3) is 0 Å². The van der Waals surface area contributed by atoms with Crippen molar-refractivity contribution in [3.05, 3.63) is 88.0 Å². The molecule has 1 saturated heterocycles. The second-order valence-corrected chi connectivity index (χ2v) is 22.1. The third-order valence-corrected chi connectivity index (χ3v) is 18.4. The molecule has 2 spiro atoms. The Hall–Kier alpha value is -5.09. The Labute approximate surface area is 419 Å². The first kappa shape index (κ1) is 50.8. The minimum atomic E-state index is -2.47. The average molecular weight is 993 g/mol. The van der Waals surface area contributed by atoms with Crippen LogP contribution in [-0.2, 0) is 41.6 Å². The molecule has 71 heavy (non-hydrogen) atoms. The van der Waals surface area contributed by atoms with Crippen LogP contribution < -0.4 is 26.6 Å². The number of aliphatic carboxylic acids is 2. The number of rotatable bonds is 16. The van der Waals surface area contributed by atoms with Gasteiger partial charge in [0.05, 0.1) is 5.25 Å². The molecule has 1 aromatic carbocycles. The summed E-state index contributed by atoms with van der Waals surface area (Å²) >= 11 is 1.39. The number of carbonyl (C=O) groups is 5. The lowest BCUT2D eigenvalue weighted by Crippen LogP contribution is -2.60. The van der Waals surface area contributed by atoms with Gasteiger partial charge in [0.25, 0.3) is 0 Å². The van der Waals surface area contributed by atoms with Gasteiger partial charge in [-0.3, -0.25) is 19.9 Å². The zero-order chi connectivity index (χ0) is 50.0. The smallest absolute Gasteiger partial charge is 0.353 e. The standard InChI is InChI=1S/C54H68N6O10S/c1-55-32-58-54(69,49(66)67)25-17-41(61)59-40(46(62)60-47(63)48(64)65)31-71-45-43-42-35(12-3-2-6-20-51(45)21-7-8-22-51)30-36(29-33-18-27-56-28-19-33)44-52(42,50(68)70-43)23-9-13-34-11-4-5-14-37(34)38-16-24-53(44)39(38)15-10-26-57-53/h4-5,11,14,18-19,27-28,35,38-40,45,47,55,57-58,63,69H,2-3,6-8,10,12-13,15-17,20-22,24-26,29-32H2,1H3,(H,59,61)(H,60,62)(H,64,65)(H,66,67)/t35-,38-,39-,40+,45+,47+,52+,53+,54-/m1/s1. The second kappa shape index (κ2) is 21.2. The second-order valence-electron chi connectivity index (χ2n) is 20.9. The van der Waals surface area contributed by atoms with Gasteiger partial charge < -0.3 is 46.4 Å². The van der Waals surface area contributed by atoms with E-state index in [1.165, 1.54) is 28.5 Å². The van der Waals surface area contributed by atoms with Crippen LogP contribution in [0.1, 0.15) is 125 Å². The van der Waals surface area contributed by atoms with E-state index < -0.39 is 70.8 Å². The van der Waals surface area contributed by atoms with E-state index in [-0.39, 0.29) is 41.6 Å². The molecule has 9 rings (SSSR count). The number of benzene rings is 1. The Kier molecular flexibility index (Phi) is 15.2. The minimum Gasteiger partial charge on any atom is -0.478 e. The van der Waals surface area contributed by atoms with Gasteiger partial charge in [-0.15, -0.1) is 11.8 Å². The first-order chi connectivity index (χ1) is 34.2. The van der Waals surface area contributed by atoms with Gasteiger partial charge in [-0.25, -0.2) is 14.4 Å². The largest absolute Gasteiger partial charge is 0.478 e. The fourth-order valence-corrected chi connectivity index (χ4v) is 15.4. The molecule has 1 aromatic heterocycles. The first-order valence-corrected chi connectivity index (χ1v) is 26.7. The summed E-state index contributed by atoms with van der Waals surface area (Å²) in [6.45, 7) is 0.731. The number of piperidine rings is 1. The van der Waals surface area contributed by atoms with E-state index in [4.69, 9.17) is 4.74 Å². The normalized spacial score (nSPS) is 29.1. The minimum absolute atomic E-state index is 0.0751. The maximum atomic E-state index is 16.0. The highest BCUT2D eigenvalue weighted by atomic mass is 32.2. The summed E-state index contributed by atoms with van der Waals surface area (Å²) in [7, 11) is 1.55. The van der Waals surface area contributed by atoms with E-state index in [1.807, 2.05) is 12.4 Å². The van der Waals surface area contributed by atoms with Crippen LogP contribution in [0.15, 0.2) is 71.3 Å². The molecule has 16 nitrogen and oxygen atoms in total. The highest BCUT2D eigenvalue weighted by molar-refractivity contribution is 8.00. The molecule has 7 aliphatic rings. The van der Waals surface area contributed by atoms with Crippen LogP contribution in [0.5, 0.6) is 0 Å². The van der Waals surface area contributed by atoms with Gasteiger partial charge in [0.1, 0.15) is 11.8 Å². The zero-order valence-electron chi connectivity index (χ0n) is 40.5. The quantitative estimate of drug-likeness (QED) is 0.0484. The molecule has 2 amide bonds. The fourth-order valence-electron chi connectivity index (χ4n) is 13.8. The summed E-state index contributed by atoms with van der Waals surface area (Å²) in [6, 6.07) is 11.4. The Balaban J connectivity index is 1.19. The molecule has 2 aromatic rings. The van der Waals surface area contributed by atoms with E-state index in [1.54, 1.807) is 7.05 Å². The lowest BCUT2D eigenvalue weighted by Gasteiger charge is -2.52. The van der Waals surface area contributed by atoms with E-state index >= 15 is 4.79 Å². The molecular formula is C54H68N6O10S. The molecule has 2 aliphatic heterocycles. The van der Waals surface area contributed by atoms with Crippen LogP contribution in [0, 0.1) is 34.5 Å². The Morgan fingerprint density at radius 1 is 0.972 bits per heavy atom. The number of amides is 2. The maximum absolute atomic E-state index is 16.0. The van der Waals surface area contributed by atoms with Gasteiger partial charge in [-0.1, -0.05) is 73.8 Å². The van der Waals surface area contributed by atoms with Crippen molar-refractivity contribution in [1.29, 1.82) is 0 Å². The number of carboxylic acids is 2. The number of aliphatic hydroxyl groups excluding tert-OH is 1. The summed E-state index contributed by atoms with van der Waals surface area (Å²) in [5.41, 5.74) is 2.08. The lowest BCUT2D eigenvalue weighted by molar-refractivity contribution is -0.164. The van der Waals surface area contributed by atoms with Crippen LogP contribution >= 0.6 is 11.8 Å². The predicted octanol–water partition coefficient (Wildman–Crippen LogP) is 4.56. The predicted molar refractivity (Wildman–Crippen MR) is 265 cm³/mol. The number of esters is 1. The van der Waals surface area contributed by atoms with Crippen molar-refractivity contribution in [3.63, 3.8) is 0 Å². The molecular weight excluding hydrogens is 925 g/mol. The number of carbonyl (C=O) groups excluding carboxylic acids is 3. The highest BCUT2D eigenvalue weighted by Gasteiger charge is 2.67. The number of aliphatic hydroxyl groups is 2. The molecule has 5 aliphatic carbocycles. The van der Waals surface area contributed by atoms with Gasteiger partial charge >= 0.3 is 17.9 Å². The van der Waals surface area contributed by atoms with Crippen LogP contribution in [0.3, 0.4) is 0 Å². The molecule has 0 unspecified atom stereocenters. The Morgan fingerprint density at radius 3 is 2.48 bits per heavy atom. The number of allylic oxidation sites excluding steroid dienone is 1. The van der Waals surface area contributed by atoms with E-state index in [0.717, 1.165) is 113 Å².